The van der Waals surface area contributed by atoms with Crippen molar-refractivity contribution in [3.05, 3.63) is 54.6 Å². The van der Waals surface area contributed by atoms with Gasteiger partial charge in [0.1, 0.15) is 6.61 Å². The van der Waals surface area contributed by atoms with Crippen molar-refractivity contribution in [2.45, 2.75) is 11.0 Å². The maximum Gasteiger partial charge on any atom is 0.351 e. The van der Waals surface area contributed by atoms with Gasteiger partial charge in [0, 0.05) is 17.2 Å². The van der Waals surface area contributed by atoms with Gasteiger partial charge in [-0.15, -0.1) is 11.8 Å². The van der Waals surface area contributed by atoms with E-state index in [2.05, 4.69) is 5.32 Å². The number of benzene rings is 2. The molecule has 1 amide bonds. The van der Waals surface area contributed by atoms with Crippen LogP contribution in [0.5, 0.6) is 11.5 Å². The number of rotatable bonds is 7. The SMILES string of the molecule is O=C(COC(=O)[C@@H]1COc2ccccc2O1)NCCSc1ccccc1. The fraction of sp³-hybridized carbons (Fsp3) is 0.263. The van der Waals surface area contributed by atoms with Crippen molar-refractivity contribution < 1.29 is 23.8 Å². The highest BCUT2D eigenvalue weighted by Crippen LogP contribution is 2.31. The summed E-state index contributed by atoms with van der Waals surface area (Å²) in [7, 11) is 0. The van der Waals surface area contributed by atoms with Crippen molar-refractivity contribution in [1.29, 1.82) is 0 Å². The van der Waals surface area contributed by atoms with Crippen molar-refractivity contribution in [1.82, 2.24) is 5.32 Å². The molecule has 0 saturated carbocycles. The maximum absolute atomic E-state index is 12.0. The summed E-state index contributed by atoms with van der Waals surface area (Å²) < 4.78 is 16.0. The van der Waals surface area contributed by atoms with Crippen LogP contribution in [-0.4, -0.2) is 43.5 Å². The molecule has 0 radical (unpaired) electrons. The van der Waals surface area contributed by atoms with Gasteiger partial charge in [-0.1, -0.05) is 30.3 Å². The van der Waals surface area contributed by atoms with Crippen molar-refractivity contribution in [3.63, 3.8) is 0 Å². The highest BCUT2D eigenvalue weighted by atomic mass is 32.2. The molecule has 2 aromatic carbocycles. The lowest BCUT2D eigenvalue weighted by molar-refractivity contribution is -0.157. The first kappa shape index (κ1) is 18.1. The molecule has 0 unspecified atom stereocenters. The first-order valence-corrected chi connectivity index (χ1v) is 9.20. The van der Waals surface area contributed by atoms with Crippen molar-refractivity contribution >= 4 is 23.6 Å². The van der Waals surface area contributed by atoms with Gasteiger partial charge in [0.15, 0.2) is 18.1 Å². The zero-order chi connectivity index (χ0) is 18.2. The number of ether oxygens (including phenoxy) is 3. The molecule has 6 nitrogen and oxygen atoms in total. The summed E-state index contributed by atoms with van der Waals surface area (Å²) in [6, 6.07) is 17.0. The monoisotopic (exact) mass is 373 g/mol. The fourth-order valence-corrected chi connectivity index (χ4v) is 3.08. The van der Waals surface area contributed by atoms with Crippen LogP contribution >= 0.6 is 11.8 Å². The van der Waals surface area contributed by atoms with Crippen LogP contribution in [-0.2, 0) is 14.3 Å². The summed E-state index contributed by atoms with van der Waals surface area (Å²) in [5, 5.41) is 2.72. The Morgan fingerprint density at radius 3 is 2.62 bits per heavy atom. The summed E-state index contributed by atoms with van der Waals surface area (Å²) in [6.07, 6.45) is -0.869. The largest absolute Gasteiger partial charge is 0.485 e. The molecule has 1 aliphatic rings. The fourth-order valence-electron chi connectivity index (χ4n) is 2.29. The summed E-state index contributed by atoms with van der Waals surface area (Å²) >= 11 is 1.64. The molecule has 1 heterocycles. The molecule has 3 rings (SSSR count). The highest BCUT2D eigenvalue weighted by molar-refractivity contribution is 7.99. The lowest BCUT2D eigenvalue weighted by atomic mass is 10.2. The number of thioether (sulfide) groups is 1. The van der Waals surface area contributed by atoms with Crippen LogP contribution in [0.2, 0.25) is 0 Å². The van der Waals surface area contributed by atoms with E-state index in [0.29, 0.717) is 18.0 Å². The summed E-state index contributed by atoms with van der Waals surface area (Å²) in [5.41, 5.74) is 0. The Hall–Kier alpha value is -2.67. The molecule has 0 bridgehead atoms. The minimum Gasteiger partial charge on any atom is -0.485 e. The molecule has 0 aliphatic carbocycles. The molecule has 0 fully saturated rings. The average molecular weight is 373 g/mol. The minimum absolute atomic E-state index is 0.0607. The second-order valence-corrected chi connectivity index (χ2v) is 6.65. The van der Waals surface area contributed by atoms with Gasteiger partial charge in [0.2, 0.25) is 6.10 Å². The molecule has 1 atom stereocenters. The van der Waals surface area contributed by atoms with E-state index < -0.39 is 12.1 Å². The van der Waals surface area contributed by atoms with Gasteiger partial charge in [-0.25, -0.2) is 4.79 Å². The highest BCUT2D eigenvalue weighted by Gasteiger charge is 2.29. The summed E-state index contributed by atoms with van der Waals surface area (Å²) in [5.74, 6) is 0.853. The van der Waals surface area contributed by atoms with Gasteiger partial charge >= 0.3 is 5.97 Å². The van der Waals surface area contributed by atoms with Crippen LogP contribution in [0.25, 0.3) is 0 Å². The first-order valence-electron chi connectivity index (χ1n) is 8.22. The van der Waals surface area contributed by atoms with E-state index in [1.165, 1.54) is 0 Å². The number of carbonyl (C=O) groups is 2. The van der Waals surface area contributed by atoms with Crippen LogP contribution in [0.15, 0.2) is 59.5 Å². The van der Waals surface area contributed by atoms with Crippen LogP contribution in [0.3, 0.4) is 0 Å². The van der Waals surface area contributed by atoms with Crippen LogP contribution < -0.4 is 14.8 Å². The van der Waals surface area contributed by atoms with Crippen molar-refractivity contribution in [2.75, 3.05) is 25.5 Å². The average Bonchev–Trinajstić information content (AvgIpc) is 2.70. The molecule has 2 aromatic rings. The molecular formula is C19H19NO5S. The van der Waals surface area contributed by atoms with Crippen LogP contribution in [0.1, 0.15) is 0 Å². The van der Waals surface area contributed by atoms with Gasteiger partial charge in [-0.3, -0.25) is 4.79 Å². The predicted molar refractivity (Wildman–Crippen MR) is 97.5 cm³/mol. The molecule has 0 saturated heterocycles. The second kappa shape index (κ2) is 9.15. The Morgan fingerprint density at radius 1 is 1.08 bits per heavy atom. The van der Waals surface area contributed by atoms with Crippen LogP contribution in [0, 0.1) is 0 Å². The number of para-hydroxylation sites is 2. The van der Waals surface area contributed by atoms with Gasteiger partial charge in [0.05, 0.1) is 0 Å². The third kappa shape index (κ3) is 5.16. The van der Waals surface area contributed by atoms with Crippen molar-refractivity contribution in [2.24, 2.45) is 0 Å². The second-order valence-electron chi connectivity index (χ2n) is 5.48. The van der Waals surface area contributed by atoms with E-state index in [4.69, 9.17) is 14.2 Å². The number of nitrogens with one attached hydrogen (secondary N) is 1. The minimum atomic E-state index is -0.869. The number of esters is 1. The van der Waals surface area contributed by atoms with E-state index >= 15 is 0 Å². The molecule has 136 valence electrons. The Bertz CT molecular complexity index is 753. The Labute approximate surface area is 155 Å². The first-order chi connectivity index (χ1) is 12.7. The molecular weight excluding hydrogens is 354 g/mol. The van der Waals surface area contributed by atoms with Gasteiger partial charge in [-0.05, 0) is 24.3 Å². The topological polar surface area (TPSA) is 73.9 Å². The standard InChI is InChI=1S/C19H19NO5S/c21-18(20-10-11-26-14-6-2-1-3-7-14)13-24-19(22)17-12-23-15-8-4-5-9-16(15)25-17/h1-9,17H,10-13H2,(H,20,21)/t17-/m0/s1. The molecule has 0 spiro atoms. The number of amides is 1. The molecule has 1 N–H and O–H groups in total. The van der Waals surface area contributed by atoms with E-state index in [9.17, 15) is 9.59 Å². The lowest BCUT2D eigenvalue weighted by Gasteiger charge is -2.24. The van der Waals surface area contributed by atoms with E-state index in [1.807, 2.05) is 36.4 Å². The van der Waals surface area contributed by atoms with Crippen LogP contribution in [0.4, 0.5) is 0 Å². The molecule has 0 aromatic heterocycles. The number of hydrogen-bond acceptors (Lipinski definition) is 6. The Kier molecular flexibility index (Phi) is 6.38. The lowest BCUT2D eigenvalue weighted by Crippen LogP contribution is -2.39. The van der Waals surface area contributed by atoms with Gasteiger partial charge in [-0.2, -0.15) is 0 Å². The number of hydrogen-bond donors (Lipinski definition) is 1. The Balaban J connectivity index is 1.33. The molecule has 7 heteroatoms. The number of carbonyl (C=O) groups excluding carboxylic acids is 2. The zero-order valence-electron chi connectivity index (χ0n) is 14.1. The third-order valence-corrected chi connectivity index (χ3v) is 4.57. The zero-order valence-corrected chi connectivity index (χ0v) is 14.9. The predicted octanol–water partition coefficient (Wildman–Crippen LogP) is 2.28. The quantitative estimate of drug-likeness (QED) is 0.456. The third-order valence-electron chi connectivity index (χ3n) is 3.55. The summed E-state index contributed by atoms with van der Waals surface area (Å²) in [6.45, 7) is 0.216. The van der Waals surface area contributed by atoms with Crippen molar-refractivity contribution in [3.8, 4) is 11.5 Å². The molecule has 1 aliphatic heterocycles. The van der Waals surface area contributed by atoms with Gasteiger partial charge in [0.25, 0.3) is 5.91 Å². The normalized spacial score (nSPS) is 15.2. The van der Waals surface area contributed by atoms with E-state index in [1.54, 1.807) is 30.0 Å². The Morgan fingerprint density at radius 2 is 1.81 bits per heavy atom. The van der Waals surface area contributed by atoms with E-state index in [-0.39, 0.29) is 19.1 Å². The smallest absolute Gasteiger partial charge is 0.351 e. The maximum atomic E-state index is 12.0. The summed E-state index contributed by atoms with van der Waals surface area (Å²) in [4.78, 5) is 24.9. The number of fused-ring (bicyclic) bond motifs is 1. The molecule has 26 heavy (non-hydrogen) atoms. The van der Waals surface area contributed by atoms with Gasteiger partial charge < -0.3 is 19.5 Å². The van der Waals surface area contributed by atoms with E-state index in [0.717, 1.165) is 10.6 Å².